The zero-order valence-electron chi connectivity index (χ0n) is 36.2. The third-order valence-electron chi connectivity index (χ3n) is 13.7. The number of piperazine rings is 1. The molecule has 2 aliphatic carbocycles. The van der Waals surface area contributed by atoms with Crippen molar-refractivity contribution in [3.8, 4) is 5.88 Å². The minimum absolute atomic E-state index is 0.0518. The number of nitrogens with zero attached hydrogens (tertiary/aromatic N) is 5. The standard InChI is InChI=1S/C47H50ClFN8O8S/c48-33-4-2-30(3-5-33)37-26-47(10-1-11-47)12-8-32(37)28-54-14-16-55(17-15-54)34-23-38(49)43(41(24-34)56-18-19-65-46-42(56)22-31-9-13-50-44(31)52-46)45(58)53-66(61,62)36-6-7-39(40(25-36)57(59)60)51-27-35-29-63-20-21-64-35/h2-7,9,13,22-25,35,51H,1,8,10-12,14-21,26-29H2,(H,50,52)(H,53,58)/t35-/m0/s1. The van der Waals surface area contributed by atoms with Crippen LogP contribution in [0.3, 0.4) is 0 Å². The molecule has 66 heavy (non-hydrogen) atoms. The number of allylic oxidation sites excluding steroid dienone is 1. The van der Waals surface area contributed by atoms with Gasteiger partial charge in [0.25, 0.3) is 21.6 Å². The fourth-order valence-electron chi connectivity index (χ4n) is 9.97. The number of aromatic nitrogens is 2. The number of H-pyrrole nitrogens is 1. The Balaban J connectivity index is 0.924. The summed E-state index contributed by atoms with van der Waals surface area (Å²) in [5, 5.41) is 16.6. The second-order valence-corrected chi connectivity index (χ2v) is 19.9. The molecule has 0 unspecified atom stereocenters. The molecular formula is C47H50ClFN8O8S. The number of nitro benzene ring substituents is 1. The van der Waals surface area contributed by atoms with Gasteiger partial charge >= 0.3 is 0 Å². The van der Waals surface area contributed by atoms with E-state index in [1.807, 2.05) is 29.0 Å². The van der Waals surface area contributed by atoms with Gasteiger partial charge in [0, 0.05) is 67.6 Å². The Hall–Kier alpha value is -5.79. The van der Waals surface area contributed by atoms with Gasteiger partial charge in [-0.3, -0.25) is 19.8 Å². The highest BCUT2D eigenvalue weighted by Crippen LogP contribution is 2.55. The van der Waals surface area contributed by atoms with Crippen molar-refractivity contribution in [2.45, 2.75) is 49.5 Å². The predicted octanol–water partition coefficient (Wildman–Crippen LogP) is 7.67. The van der Waals surface area contributed by atoms with Crippen molar-refractivity contribution in [2.24, 2.45) is 5.41 Å². The summed E-state index contributed by atoms with van der Waals surface area (Å²) in [7, 11) is -4.77. The number of amides is 1. The monoisotopic (exact) mass is 940 g/mol. The molecule has 1 spiro atoms. The Bertz CT molecular complexity index is 2820. The van der Waals surface area contributed by atoms with Gasteiger partial charge in [0.05, 0.1) is 53.5 Å². The van der Waals surface area contributed by atoms with Crippen molar-refractivity contribution in [3.05, 3.63) is 111 Å². The summed E-state index contributed by atoms with van der Waals surface area (Å²) in [5.41, 5.74) is 5.22. The van der Waals surface area contributed by atoms with Crippen molar-refractivity contribution in [1.82, 2.24) is 19.6 Å². The lowest BCUT2D eigenvalue weighted by Crippen LogP contribution is -2.47. The number of carbonyl (C=O) groups is 1. The highest BCUT2D eigenvalue weighted by molar-refractivity contribution is 7.90. The molecular weight excluding hydrogens is 891 g/mol. The van der Waals surface area contributed by atoms with Gasteiger partial charge in [-0.25, -0.2) is 17.5 Å². The summed E-state index contributed by atoms with van der Waals surface area (Å²) in [4.78, 5) is 39.1. The maximum atomic E-state index is 16.9. The van der Waals surface area contributed by atoms with E-state index >= 15 is 4.39 Å². The number of benzene rings is 3. The third kappa shape index (κ3) is 8.91. The average Bonchev–Trinajstić information content (AvgIpc) is 3.77. The summed E-state index contributed by atoms with van der Waals surface area (Å²) in [6.07, 6.45) is 8.56. The van der Waals surface area contributed by atoms with E-state index in [0.717, 1.165) is 55.0 Å². The van der Waals surface area contributed by atoms with Crippen molar-refractivity contribution >= 4 is 72.6 Å². The SMILES string of the molecule is O=C(NS(=O)(=O)c1ccc(NC[C@H]2COCCO2)c([N+](=O)[O-])c1)c1c(F)cc(N2CCN(CC3=C(c4ccc(Cl)cc4)CC4(CCC4)CC3)CC2)cc1N1CCOc2nc3[nH]ccc3cc21. The number of aromatic amines is 1. The molecule has 1 atom stereocenters. The largest absolute Gasteiger partial charge is 0.474 e. The first kappa shape index (κ1) is 44.1. The van der Waals surface area contributed by atoms with E-state index in [4.69, 9.17) is 25.8 Å². The number of nitro groups is 1. The highest BCUT2D eigenvalue weighted by Gasteiger charge is 2.41. The topological polar surface area (TPSA) is 185 Å². The maximum Gasteiger partial charge on any atom is 0.293 e. The highest BCUT2D eigenvalue weighted by atomic mass is 35.5. The molecule has 0 bridgehead atoms. The van der Waals surface area contributed by atoms with Crippen LogP contribution in [-0.2, 0) is 19.5 Å². The van der Waals surface area contributed by atoms with E-state index < -0.39 is 42.8 Å². The molecule has 10 rings (SSSR count). The van der Waals surface area contributed by atoms with Crippen LogP contribution < -0.4 is 24.6 Å². The lowest BCUT2D eigenvalue weighted by molar-refractivity contribution is -0.384. The summed E-state index contributed by atoms with van der Waals surface area (Å²) in [6.45, 7) is 5.10. The fraction of sp³-hybridized carbons (Fsp3) is 0.404. The zero-order valence-corrected chi connectivity index (χ0v) is 37.8. The molecule has 3 aliphatic heterocycles. The first-order valence-corrected chi connectivity index (χ1v) is 24.2. The Labute approximate surface area is 386 Å². The van der Waals surface area contributed by atoms with Crippen LogP contribution in [-0.4, -0.2) is 112 Å². The first-order chi connectivity index (χ1) is 31.9. The van der Waals surface area contributed by atoms with Gasteiger partial charge in [-0.15, -0.1) is 0 Å². The Morgan fingerprint density at radius 2 is 1.80 bits per heavy atom. The smallest absolute Gasteiger partial charge is 0.293 e. The van der Waals surface area contributed by atoms with Crippen molar-refractivity contribution in [3.63, 3.8) is 0 Å². The molecule has 2 saturated heterocycles. The van der Waals surface area contributed by atoms with Gasteiger partial charge in [0.2, 0.25) is 5.88 Å². The van der Waals surface area contributed by atoms with Crippen molar-refractivity contribution < 1.29 is 36.7 Å². The summed E-state index contributed by atoms with van der Waals surface area (Å²) < 4.78 is 63.6. The molecule has 19 heteroatoms. The van der Waals surface area contributed by atoms with Crippen LogP contribution in [0.5, 0.6) is 5.88 Å². The number of fused-ring (bicyclic) bond motifs is 2. The summed E-state index contributed by atoms with van der Waals surface area (Å²) in [6, 6.07) is 18.1. The molecule has 1 saturated carbocycles. The molecule has 2 aromatic heterocycles. The van der Waals surface area contributed by atoms with Gasteiger partial charge in [0.15, 0.2) is 0 Å². The minimum atomic E-state index is -4.77. The molecule has 16 nitrogen and oxygen atoms in total. The van der Waals surface area contributed by atoms with E-state index in [2.05, 4.69) is 37.2 Å². The molecule has 346 valence electrons. The van der Waals surface area contributed by atoms with E-state index in [-0.39, 0.29) is 43.1 Å². The van der Waals surface area contributed by atoms with E-state index in [9.17, 15) is 23.3 Å². The molecule has 5 heterocycles. The number of sulfonamides is 1. The number of rotatable bonds is 12. The molecule has 1 amide bonds. The second-order valence-electron chi connectivity index (χ2n) is 17.8. The lowest BCUT2D eigenvalue weighted by Gasteiger charge is -2.47. The van der Waals surface area contributed by atoms with E-state index in [0.29, 0.717) is 55.3 Å². The van der Waals surface area contributed by atoms with Crippen LogP contribution >= 0.6 is 11.6 Å². The Kier molecular flexibility index (Phi) is 12.1. The van der Waals surface area contributed by atoms with Crippen LogP contribution in [0.1, 0.15) is 54.4 Å². The van der Waals surface area contributed by atoms with Gasteiger partial charge in [-0.05, 0) is 97.2 Å². The molecule has 3 N–H and O–H groups in total. The number of pyridine rings is 1. The normalized spacial score (nSPS) is 19.9. The number of nitrogens with one attached hydrogen (secondary N) is 3. The van der Waals surface area contributed by atoms with Gasteiger partial charge in [-0.1, -0.05) is 35.7 Å². The van der Waals surface area contributed by atoms with Crippen LogP contribution in [0.25, 0.3) is 16.6 Å². The van der Waals surface area contributed by atoms with E-state index in [1.165, 1.54) is 54.5 Å². The van der Waals surface area contributed by atoms with Crippen molar-refractivity contribution in [2.75, 3.05) is 87.4 Å². The van der Waals surface area contributed by atoms with E-state index in [1.54, 1.807) is 17.2 Å². The van der Waals surface area contributed by atoms with Crippen molar-refractivity contribution in [1.29, 1.82) is 0 Å². The molecule has 0 radical (unpaired) electrons. The summed E-state index contributed by atoms with van der Waals surface area (Å²) >= 11 is 6.29. The predicted molar refractivity (Wildman–Crippen MR) is 249 cm³/mol. The molecule has 3 aromatic carbocycles. The maximum absolute atomic E-state index is 16.9. The molecule has 5 aliphatic rings. The molecule has 3 fully saturated rings. The lowest BCUT2D eigenvalue weighted by atomic mass is 9.59. The molecule has 5 aromatic rings. The average molecular weight is 941 g/mol. The van der Waals surface area contributed by atoms with Crippen LogP contribution in [0.15, 0.2) is 83.4 Å². The van der Waals surface area contributed by atoms with Crippen LogP contribution in [0.4, 0.5) is 32.8 Å². The first-order valence-electron chi connectivity index (χ1n) is 22.4. The van der Waals surface area contributed by atoms with Crippen LogP contribution in [0.2, 0.25) is 5.02 Å². The van der Waals surface area contributed by atoms with Gasteiger partial charge < -0.3 is 34.3 Å². The number of anilines is 4. The Morgan fingerprint density at radius 3 is 2.55 bits per heavy atom. The minimum Gasteiger partial charge on any atom is -0.474 e. The third-order valence-corrected chi connectivity index (χ3v) is 15.3. The number of halogens is 2. The van der Waals surface area contributed by atoms with Gasteiger partial charge in [0.1, 0.15) is 29.4 Å². The second kappa shape index (κ2) is 18.1. The quantitative estimate of drug-likeness (QED) is 0.0819. The summed E-state index contributed by atoms with van der Waals surface area (Å²) in [5.74, 6) is -1.93. The number of ether oxygens (including phenoxy) is 3. The Morgan fingerprint density at radius 1 is 0.985 bits per heavy atom. The number of carbonyl (C=O) groups excluding carboxylic acids is 1. The van der Waals surface area contributed by atoms with Crippen LogP contribution in [0, 0.1) is 21.3 Å². The number of hydrogen-bond donors (Lipinski definition) is 3. The van der Waals surface area contributed by atoms with Gasteiger partial charge in [-0.2, -0.15) is 4.98 Å². The number of hydrogen-bond acceptors (Lipinski definition) is 13. The zero-order chi connectivity index (χ0) is 45.6. The fourth-order valence-corrected chi connectivity index (χ4v) is 11.1.